The summed E-state index contributed by atoms with van der Waals surface area (Å²) in [6.45, 7) is 3.64. The SMILES string of the molecule is CCC(CC)(NC(=O)COc1cc[nH]c(=O)n1)c1ccc(F)cc1. The Bertz CT molecular complexity index is 739. The molecule has 0 aliphatic heterocycles. The lowest BCUT2D eigenvalue weighted by molar-refractivity contribution is -0.125. The van der Waals surface area contributed by atoms with E-state index in [1.807, 2.05) is 13.8 Å². The van der Waals surface area contributed by atoms with Gasteiger partial charge >= 0.3 is 5.69 Å². The van der Waals surface area contributed by atoms with Crippen LogP contribution in [0.5, 0.6) is 5.88 Å². The van der Waals surface area contributed by atoms with Gasteiger partial charge in [0.1, 0.15) is 5.82 Å². The number of carbonyl (C=O) groups is 1. The van der Waals surface area contributed by atoms with Crippen molar-refractivity contribution in [1.82, 2.24) is 15.3 Å². The van der Waals surface area contributed by atoms with Gasteiger partial charge in [-0.05, 0) is 30.5 Å². The molecule has 1 aromatic carbocycles. The summed E-state index contributed by atoms with van der Waals surface area (Å²) in [5.41, 5.74) is -0.317. The van der Waals surface area contributed by atoms with Crippen LogP contribution in [-0.2, 0) is 10.3 Å². The van der Waals surface area contributed by atoms with Crippen molar-refractivity contribution in [3.8, 4) is 5.88 Å². The van der Waals surface area contributed by atoms with Gasteiger partial charge in [0.25, 0.3) is 5.91 Å². The van der Waals surface area contributed by atoms with Crippen LogP contribution >= 0.6 is 0 Å². The van der Waals surface area contributed by atoms with Crippen LogP contribution in [0.2, 0.25) is 0 Å². The Morgan fingerprint density at radius 3 is 2.50 bits per heavy atom. The zero-order valence-electron chi connectivity index (χ0n) is 13.6. The zero-order valence-corrected chi connectivity index (χ0v) is 13.6. The highest BCUT2D eigenvalue weighted by Crippen LogP contribution is 2.28. The van der Waals surface area contributed by atoms with Crippen LogP contribution in [0.15, 0.2) is 41.3 Å². The summed E-state index contributed by atoms with van der Waals surface area (Å²) in [6.07, 6.45) is 2.68. The third-order valence-electron chi connectivity index (χ3n) is 3.98. The van der Waals surface area contributed by atoms with Gasteiger partial charge in [-0.2, -0.15) is 4.98 Å². The summed E-state index contributed by atoms with van der Waals surface area (Å²) < 4.78 is 18.4. The number of hydrogen-bond acceptors (Lipinski definition) is 4. The predicted octanol–water partition coefficient (Wildman–Crippen LogP) is 2.12. The molecule has 2 N–H and O–H groups in total. The molecule has 0 radical (unpaired) electrons. The Morgan fingerprint density at radius 1 is 1.25 bits per heavy atom. The van der Waals surface area contributed by atoms with Gasteiger partial charge in [-0.1, -0.05) is 26.0 Å². The van der Waals surface area contributed by atoms with E-state index in [0.29, 0.717) is 12.8 Å². The van der Waals surface area contributed by atoms with Crippen molar-refractivity contribution in [3.63, 3.8) is 0 Å². The molecule has 0 fully saturated rings. The fourth-order valence-corrected chi connectivity index (χ4v) is 2.55. The van der Waals surface area contributed by atoms with Gasteiger partial charge in [-0.25, -0.2) is 9.18 Å². The van der Waals surface area contributed by atoms with Crippen molar-refractivity contribution in [3.05, 3.63) is 58.4 Å². The molecule has 1 heterocycles. The highest BCUT2D eigenvalue weighted by atomic mass is 19.1. The van der Waals surface area contributed by atoms with Crippen LogP contribution in [0.3, 0.4) is 0 Å². The largest absolute Gasteiger partial charge is 0.467 e. The molecule has 7 heteroatoms. The Morgan fingerprint density at radius 2 is 1.92 bits per heavy atom. The number of carbonyl (C=O) groups excluding carboxylic acids is 1. The molecule has 0 bridgehead atoms. The molecule has 2 rings (SSSR count). The van der Waals surface area contributed by atoms with E-state index in [2.05, 4.69) is 15.3 Å². The third-order valence-corrected chi connectivity index (χ3v) is 3.98. The first kappa shape index (κ1) is 17.7. The van der Waals surface area contributed by atoms with Gasteiger partial charge in [-0.3, -0.25) is 4.79 Å². The van der Waals surface area contributed by atoms with Crippen molar-refractivity contribution in [2.75, 3.05) is 6.61 Å². The number of amides is 1. The maximum Gasteiger partial charge on any atom is 0.348 e. The highest BCUT2D eigenvalue weighted by molar-refractivity contribution is 5.78. The molecule has 0 aliphatic carbocycles. The summed E-state index contributed by atoms with van der Waals surface area (Å²) in [5, 5.41) is 2.95. The number of hydrogen-bond donors (Lipinski definition) is 2. The first-order chi connectivity index (χ1) is 11.5. The fraction of sp³-hybridized carbons (Fsp3) is 0.353. The Hall–Kier alpha value is -2.70. The average Bonchev–Trinajstić information content (AvgIpc) is 2.59. The molecule has 1 amide bonds. The molecule has 128 valence electrons. The second-order valence-electron chi connectivity index (χ2n) is 5.37. The number of aromatic amines is 1. The lowest BCUT2D eigenvalue weighted by Gasteiger charge is -2.33. The monoisotopic (exact) mass is 333 g/mol. The van der Waals surface area contributed by atoms with Gasteiger partial charge in [0.2, 0.25) is 5.88 Å². The molecule has 24 heavy (non-hydrogen) atoms. The van der Waals surface area contributed by atoms with Gasteiger partial charge < -0.3 is 15.0 Å². The molecule has 0 saturated carbocycles. The topological polar surface area (TPSA) is 84.1 Å². The molecular weight excluding hydrogens is 313 g/mol. The normalized spacial score (nSPS) is 11.1. The van der Waals surface area contributed by atoms with Gasteiger partial charge in [0, 0.05) is 12.3 Å². The zero-order chi connectivity index (χ0) is 17.6. The summed E-state index contributed by atoms with van der Waals surface area (Å²) in [6, 6.07) is 7.54. The third kappa shape index (κ3) is 4.18. The maximum absolute atomic E-state index is 13.1. The molecule has 0 saturated heterocycles. The quantitative estimate of drug-likeness (QED) is 0.813. The average molecular weight is 333 g/mol. The Kier molecular flexibility index (Phi) is 5.68. The number of nitrogens with one attached hydrogen (secondary N) is 2. The van der Waals surface area contributed by atoms with Crippen molar-refractivity contribution >= 4 is 5.91 Å². The summed E-state index contributed by atoms with van der Waals surface area (Å²) >= 11 is 0. The summed E-state index contributed by atoms with van der Waals surface area (Å²) in [7, 11) is 0. The fourth-order valence-electron chi connectivity index (χ4n) is 2.55. The van der Waals surface area contributed by atoms with Crippen LogP contribution in [0.25, 0.3) is 0 Å². The van der Waals surface area contributed by atoms with E-state index in [9.17, 15) is 14.0 Å². The van der Waals surface area contributed by atoms with E-state index < -0.39 is 11.2 Å². The number of ether oxygens (including phenoxy) is 1. The second kappa shape index (κ2) is 7.72. The van der Waals surface area contributed by atoms with E-state index in [-0.39, 0.29) is 24.2 Å². The lowest BCUT2D eigenvalue weighted by Crippen LogP contribution is -2.47. The van der Waals surface area contributed by atoms with Crippen LogP contribution < -0.4 is 15.7 Å². The van der Waals surface area contributed by atoms with Crippen LogP contribution in [0, 0.1) is 5.82 Å². The number of nitrogens with zero attached hydrogens (tertiary/aromatic N) is 1. The second-order valence-corrected chi connectivity index (χ2v) is 5.37. The number of rotatable bonds is 7. The van der Waals surface area contributed by atoms with Gasteiger partial charge in [0.15, 0.2) is 6.61 Å². The van der Waals surface area contributed by atoms with Crippen molar-refractivity contribution < 1.29 is 13.9 Å². The lowest BCUT2D eigenvalue weighted by atomic mass is 9.84. The smallest absolute Gasteiger partial charge is 0.348 e. The molecule has 0 unspecified atom stereocenters. The standard InChI is InChI=1S/C17H20FN3O3/c1-3-17(4-2,12-5-7-13(18)8-6-12)21-14(22)11-24-15-9-10-19-16(23)20-15/h5-10H,3-4,11H2,1-2H3,(H,21,22)(H,19,20,23). The molecule has 6 nitrogen and oxygen atoms in total. The molecular formula is C17H20FN3O3. The van der Waals surface area contributed by atoms with Crippen molar-refractivity contribution in [2.24, 2.45) is 0 Å². The van der Waals surface area contributed by atoms with Crippen LogP contribution in [-0.4, -0.2) is 22.5 Å². The van der Waals surface area contributed by atoms with Gasteiger partial charge in [0.05, 0.1) is 5.54 Å². The van der Waals surface area contributed by atoms with E-state index >= 15 is 0 Å². The molecule has 0 atom stereocenters. The maximum atomic E-state index is 13.1. The Labute approximate surface area is 139 Å². The predicted molar refractivity (Wildman–Crippen MR) is 87.2 cm³/mol. The van der Waals surface area contributed by atoms with E-state index in [4.69, 9.17) is 4.74 Å². The van der Waals surface area contributed by atoms with Crippen molar-refractivity contribution in [1.29, 1.82) is 0 Å². The van der Waals surface area contributed by atoms with E-state index in [0.717, 1.165) is 5.56 Å². The van der Waals surface area contributed by atoms with Crippen LogP contribution in [0.1, 0.15) is 32.3 Å². The molecule has 2 aromatic rings. The molecule has 0 spiro atoms. The number of halogens is 1. The summed E-state index contributed by atoms with van der Waals surface area (Å²) in [5.74, 6) is -0.589. The minimum atomic E-state index is -0.601. The number of H-pyrrole nitrogens is 1. The van der Waals surface area contributed by atoms with E-state index in [1.165, 1.54) is 24.4 Å². The Balaban J connectivity index is 2.08. The summed E-state index contributed by atoms with van der Waals surface area (Å²) in [4.78, 5) is 29.3. The minimum absolute atomic E-state index is 0.0780. The number of benzene rings is 1. The first-order valence-electron chi connectivity index (χ1n) is 7.74. The van der Waals surface area contributed by atoms with Crippen molar-refractivity contribution in [2.45, 2.75) is 32.2 Å². The first-order valence-corrected chi connectivity index (χ1v) is 7.74. The van der Waals surface area contributed by atoms with Gasteiger partial charge in [-0.15, -0.1) is 0 Å². The molecule has 0 aliphatic rings. The van der Waals surface area contributed by atoms with E-state index in [1.54, 1.807) is 12.1 Å². The molecule has 1 aromatic heterocycles. The minimum Gasteiger partial charge on any atom is -0.467 e. The highest BCUT2D eigenvalue weighted by Gasteiger charge is 2.30. The number of aromatic nitrogens is 2. The van der Waals surface area contributed by atoms with Crippen LogP contribution in [0.4, 0.5) is 4.39 Å².